The second-order valence-corrected chi connectivity index (χ2v) is 5.11. The minimum absolute atomic E-state index is 0.0675. The fraction of sp³-hybridized carbons (Fsp3) is 0.250. The number of benzene rings is 1. The van der Waals surface area contributed by atoms with Crippen LogP contribution < -0.4 is 5.73 Å². The molecule has 0 spiro atoms. The predicted molar refractivity (Wildman–Crippen MR) is 64.6 cm³/mol. The van der Waals surface area contributed by atoms with Gasteiger partial charge in [-0.05, 0) is 23.8 Å². The monoisotopic (exact) mass is 326 g/mol. The van der Waals surface area contributed by atoms with Crippen molar-refractivity contribution < 1.29 is 26.3 Å². The third kappa shape index (κ3) is 3.53. The maximum absolute atomic E-state index is 12.7. The maximum Gasteiger partial charge on any atom is 0.416 e. The Morgan fingerprint density at radius 2 is 1.48 bits per heavy atom. The minimum Gasteiger partial charge on any atom is -0.318 e. The van der Waals surface area contributed by atoms with Gasteiger partial charge in [0.25, 0.3) is 0 Å². The molecule has 2 aromatic rings. The first-order chi connectivity index (χ1) is 9.59. The van der Waals surface area contributed by atoms with Gasteiger partial charge in [-0.3, -0.25) is 0 Å². The lowest BCUT2D eigenvalue weighted by atomic mass is 10.0. The Bertz CT molecular complexity index is 585. The minimum atomic E-state index is -4.89. The number of alkyl halides is 6. The van der Waals surface area contributed by atoms with Crippen molar-refractivity contribution in [1.82, 2.24) is 4.98 Å². The number of aromatic nitrogens is 1. The number of rotatable bonds is 2. The van der Waals surface area contributed by atoms with E-state index in [0.29, 0.717) is 12.1 Å². The zero-order chi connectivity index (χ0) is 15.8. The van der Waals surface area contributed by atoms with Crippen molar-refractivity contribution in [3.8, 4) is 0 Å². The molecule has 0 saturated heterocycles. The van der Waals surface area contributed by atoms with Crippen LogP contribution in [0.2, 0.25) is 0 Å². The molecule has 0 amide bonds. The Morgan fingerprint density at radius 3 is 1.86 bits per heavy atom. The van der Waals surface area contributed by atoms with E-state index in [0.717, 1.165) is 11.3 Å². The van der Waals surface area contributed by atoms with Crippen LogP contribution in [0.1, 0.15) is 27.7 Å². The lowest BCUT2D eigenvalue weighted by Crippen LogP contribution is -2.16. The summed E-state index contributed by atoms with van der Waals surface area (Å²) in [7, 11) is 0. The fourth-order valence-electron chi connectivity index (χ4n) is 1.69. The normalized spacial score (nSPS) is 14.2. The number of hydrogen-bond donors (Lipinski definition) is 1. The van der Waals surface area contributed by atoms with E-state index < -0.39 is 29.5 Å². The molecule has 21 heavy (non-hydrogen) atoms. The van der Waals surface area contributed by atoms with Crippen LogP contribution >= 0.6 is 11.3 Å². The van der Waals surface area contributed by atoms with Crippen LogP contribution in [0.15, 0.2) is 29.8 Å². The maximum atomic E-state index is 12.7. The second-order valence-electron chi connectivity index (χ2n) is 4.19. The standard InChI is InChI=1S/C12H8F6N2S/c13-11(14,15)7-3-6(4-8(5-7)12(16,17)18)9(19)10-20-1-2-21-10/h1-5,9H,19H2. The van der Waals surface area contributed by atoms with Crippen LogP contribution in [0.25, 0.3) is 0 Å². The molecule has 0 fully saturated rings. The van der Waals surface area contributed by atoms with Crippen LogP contribution in [-0.4, -0.2) is 4.98 Å². The van der Waals surface area contributed by atoms with Gasteiger partial charge in [-0.2, -0.15) is 26.3 Å². The summed E-state index contributed by atoms with van der Waals surface area (Å²) in [6, 6.07) is 0.147. The van der Waals surface area contributed by atoms with E-state index in [1.165, 1.54) is 11.6 Å². The third-order valence-corrected chi connectivity index (χ3v) is 3.55. The Labute approximate surface area is 119 Å². The summed E-state index contributed by atoms with van der Waals surface area (Å²) in [4.78, 5) is 3.81. The van der Waals surface area contributed by atoms with Crippen molar-refractivity contribution in [1.29, 1.82) is 0 Å². The van der Waals surface area contributed by atoms with Gasteiger partial charge in [-0.1, -0.05) is 0 Å². The highest BCUT2D eigenvalue weighted by Crippen LogP contribution is 2.38. The Hall–Kier alpha value is -1.61. The first-order valence-electron chi connectivity index (χ1n) is 5.53. The highest BCUT2D eigenvalue weighted by molar-refractivity contribution is 7.09. The van der Waals surface area contributed by atoms with Gasteiger partial charge in [0.15, 0.2) is 0 Å². The van der Waals surface area contributed by atoms with Crippen molar-refractivity contribution in [2.24, 2.45) is 5.73 Å². The summed E-state index contributed by atoms with van der Waals surface area (Å²) in [6.45, 7) is 0. The van der Waals surface area contributed by atoms with Crippen molar-refractivity contribution in [2.45, 2.75) is 18.4 Å². The summed E-state index contributed by atoms with van der Waals surface area (Å²) < 4.78 is 76.3. The molecule has 1 heterocycles. The largest absolute Gasteiger partial charge is 0.416 e. The third-order valence-electron chi connectivity index (χ3n) is 2.69. The van der Waals surface area contributed by atoms with Gasteiger partial charge >= 0.3 is 12.4 Å². The van der Waals surface area contributed by atoms with Crippen LogP contribution in [0.3, 0.4) is 0 Å². The highest BCUT2D eigenvalue weighted by atomic mass is 32.1. The zero-order valence-electron chi connectivity index (χ0n) is 10.2. The number of hydrogen-bond acceptors (Lipinski definition) is 3. The molecule has 9 heteroatoms. The molecule has 0 aliphatic rings. The Balaban J connectivity index is 2.55. The summed E-state index contributed by atoms with van der Waals surface area (Å²) >= 11 is 1.05. The summed E-state index contributed by atoms with van der Waals surface area (Å²) in [5.41, 5.74) is 2.63. The number of halogens is 6. The van der Waals surface area contributed by atoms with Crippen molar-refractivity contribution in [3.05, 3.63) is 51.5 Å². The quantitative estimate of drug-likeness (QED) is 0.839. The van der Waals surface area contributed by atoms with Crippen molar-refractivity contribution in [3.63, 3.8) is 0 Å². The number of nitrogens with zero attached hydrogens (tertiary/aromatic N) is 1. The Kier molecular flexibility index (Phi) is 3.98. The topological polar surface area (TPSA) is 38.9 Å². The summed E-state index contributed by atoms with van der Waals surface area (Å²) in [5, 5.41) is 1.77. The van der Waals surface area contributed by atoms with Gasteiger partial charge in [0, 0.05) is 11.6 Å². The lowest BCUT2D eigenvalue weighted by molar-refractivity contribution is -0.143. The molecule has 1 aromatic carbocycles. The molecule has 0 bridgehead atoms. The van der Waals surface area contributed by atoms with Gasteiger partial charge in [0.2, 0.25) is 0 Å². The van der Waals surface area contributed by atoms with Crippen LogP contribution in [0.4, 0.5) is 26.3 Å². The van der Waals surface area contributed by atoms with Gasteiger partial charge in [-0.25, -0.2) is 4.98 Å². The van der Waals surface area contributed by atoms with Gasteiger partial charge in [0.1, 0.15) is 5.01 Å². The average molecular weight is 326 g/mol. The van der Waals surface area contributed by atoms with Gasteiger partial charge in [-0.15, -0.1) is 11.3 Å². The predicted octanol–water partition coefficient (Wildman–Crippen LogP) is 4.23. The van der Waals surface area contributed by atoms with Crippen molar-refractivity contribution in [2.75, 3.05) is 0 Å². The second kappa shape index (κ2) is 5.30. The molecular formula is C12H8F6N2S. The smallest absolute Gasteiger partial charge is 0.318 e. The zero-order valence-corrected chi connectivity index (χ0v) is 11.0. The molecule has 2 rings (SSSR count). The van der Waals surface area contributed by atoms with E-state index in [1.54, 1.807) is 0 Å². The van der Waals surface area contributed by atoms with Crippen LogP contribution in [0.5, 0.6) is 0 Å². The van der Waals surface area contributed by atoms with E-state index in [2.05, 4.69) is 4.98 Å². The van der Waals surface area contributed by atoms with Crippen molar-refractivity contribution >= 4 is 11.3 Å². The number of nitrogens with two attached hydrogens (primary N) is 1. The highest BCUT2D eigenvalue weighted by Gasteiger charge is 2.37. The molecule has 0 radical (unpaired) electrons. The van der Waals surface area contributed by atoms with E-state index in [9.17, 15) is 26.3 Å². The lowest BCUT2D eigenvalue weighted by Gasteiger charge is -2.16. The molecule has 0 saturated carbocycles. The molecule has 1 aromatic heterocycles. The fourth-order valence-corrected chi connectivity index (χ4v) is 2.35. The molecule has 0 aliphatic heterocycles. The molecule has 0 aliphatic carbocycles. The van der Waals surface area contributed by atoms with E-state index >= 15 is 0 Å². The Morgan fingerprint density at radius 1 is 0.952 bits per heavy atom. The number of thiazole rings is 1. The van der Waals surface area contributed by atoms with Crippen LogP contribution in [-0.2, 0) is 12.4 Å². The molecule has 2 N–H and O–H groups in total. The summed E-state index contributed by atoms with van der Waals surface area (Å²) in [6.07, 6.45) is -8.41. The summed E-state index contributed by atoms with van der Waals surface area (Å²) in [5.74, 6) is 0. The first-order valence-corrected chi connectivity index (χ1v) is 6.41. The van der Waals surface area contributed by atoms with E-state index in [-0.39, 0.29) is 16.6 Å². The van der Waals surface area contributed by atoms with Gasteiger partial charge in [0.05, 0.1) is 17.2 Å². The van der Waals surface area contributed by atoms with Gasteiger partial charge < -0.3 is 5.73 Å². The first kappa shape index (κ1) is 15.8. The van der Waals surface area contributed by atoms with E-state index in [1.807, 2.05) is 0 Å². The molecule has 2 nitrogen and oxygen atoms in total. The molecular weight excluding hydrogens is 318 g/mol. The molecule has 114 valence electrons. The van der Waals surface area contributed by atoms with E-state index in [4.69, 9.17) is 5.73 Å². The van der Waals surface area contributed by atoms with Crippen LogP contribution in [0, 0.1) is 0 Å². The SMILES string of the molecule is NC(c1cc(C(F)(F)F)cc(C(F)(F)F)c1)c1nccs1. The average Bonchev–Trinajstić information content (AvgIpc) is 2.89. The molecule has 1 atom stereocenters. The molecule has 1 unspecified atom stereocenters.